The number of nitrogens with zero attached hydrogens (tertiary/aromatic N) is 2. The maximum absolute atomic E-state index is 12.8. The van der Waals surface area contributed by atoms with Crippen LogP contribution in [0, 0.1) is 10.1 Å². The summed E-state index contributed by atoms with van der Waals surface area (Å²) >= 11 is 6.02. The smallest absolute Gasteiger partial charge is 0.270 e. The van der Waals surface area contributed by atoms with Crippen molar-refractivity contribution >= 4 is 34.8 Å². The Balaban J connectivity index is 1.79. The molecular formula is C21H17ClN4O4. The molecule has 0 radical (unpaired) electrons. The molecule has 0 fully saturated rings. The minimum atomic E-state index is -0.601. The molecule has 1 unspecified atom stereocenters. The van der Waals surface area contributed by atoms with E-state index in [0.29, 0.717) is 0 Å². The zero-order chi connectivity index (χ0) is 21.7. The molecule has 2 aromatic carbocycles. The molecule has 9 heteroatoms. The molecule has 152 valence electrons. The Bertz CT molecular complexity index is 1110. The Morgan fingerprint density at radius 2 is 1.83 bits per heavy atom. The van der Waals surface area contributed by atoms with Crippen LogP contribution in [0.15, 0.2) is 67.0 Å². The van der Waals surface area contributed by atoms with E-state index in [0.717, 1.165) is 11.6 Å². The number of nitro benzene ring substituents is 1. The number of hydrogen-bond acceptors (Lipinski definition) is 5. The number of carbonyl (C=O) groups is 2. The van der Waals surface area contributed by atoms with Crippen molar-refractivity contribution < 1.29 is 14.5 Å². The van der Waals surface area contributed by atoms with Gasteiger partial charge in [0.15, 0.2) is 0 Å². The minimum absolute atomic E-state index is 0.0567. The van der Waals surface area contributed by atoms with Crippen molar-refractivity contribution in [2.45, 2.75) is 13.0 Å². The monoisotopic (exact) mass is 424 g/mol. The largest absolute Gasteiger partial charge is 0.345 e. The molecule has 0 saturated carbocycles. The van der Waals surface area contributed by atoms with Gasteiger partial charge in [0.05, 0.1) is 32.8 Å². The average Bonchev–Trinajstić information content (AvgIpc) is 2.74. The lowest BCUT2D eigenvalue weighted by atomic mass is 10.1. The van der Waals surface area contributed by atoms with E-state index in [1.807, 2.05) is 13.0 Å². The molecule has 8 nitrogen and oxygen atoms in total. The first-order valence-electron chi connectivity index (χ1n) is 8.92. The number of anilines is 1. The molecule has 1 aromatic heterocycles. The van der Waals surface area contributed by atoms with Crippen LogP contribution in [0.1, 0.15) is 39.2 Å². The number of nitrogens with one attached hydrogen (secondary N) is 2. The lowest BCUT2D eigenvalue weighted by Crippen LogP contribution is -2.28. The van der Waals surface area contributed by atoms with Gasteiger partial charge in [0, 0.05) is 24.5 Å². The van der Waals surface area contributed by atoms with Crippen molar-refractivity contribution in [2.75, 3.05) is 5.32 Å². The number of pyridine rings is 1. The van der Waals surface area contributed by atoms with Crippen LogP contribution in [0.25, 0.3) is 0 Å². The second-order valence-electron chi connectivity index (χ2n) is 6.40. The molecule has 0 bridgehead atoms. The van der Waals surface area contributed by atoms with Gasteiger partial charge in [-0.3, -0.25) is 24.7 Å². The second kappa shape index (κ2) is 9.15. The van der Waals surface area contributed by atoms with Gasteiger partial charge in [-0.05, 0) is 36.8 Å². The molecule has 0 aliphatic heterocycles. The van der Waals surface area contributed by atoms with E-state index in [9.17, 15) is 19.7 Å². The third-order valence-corrected chi connectivity index (χ3v) is 4.67. The molecule has 3 rings (SSSR count). The van der Waals surface area contributed by atoms with Gasteiger partial charge >= 0.3 is 0 Å². The fraction of sp³-hybridized carbons (Fsp3) is 0.0952. The van der Waals surface area contributed by atoms with Crippen LogP contribution in [0.3, 0.4) is 0 Å². The number of nitro groups is 1. The van der Waals surface area contributed by atoms with Crippen LogP contribution >= 0.6 is 11.6 Å². The number of non-ortho nitro benzene ring substituents is 1. The number of halogens is 1. The Morgan fingerprint density at radius 3 is 2.50 bits per heavy atom. The van der Waals surface area contributed by atoms with Gasteiger partial charge in [0.25, 0.3) is 17.5 Å². The number of hydrogen-bond donors (Lipinski definition) is 2. The molecule has 1 heterocycles. The first-order chi connectivity index (χ1) is 14.4. The third-order valence-electron chi connectivity index (χ3n) is 4.36. The number of rotatable bonds is 6. The van der Waals surface area contributed by atoms with E-state index in [4.69, 9.17) is 11.6 Å². The first kappa shape index (κ1) is 20.9. The predicted molar refractivity (Wildman–Crippen MR) is 113 cm³/mol. The molecule has 0 aliphatic rings. The average molecular weight is 425 g/mol. The molecule has 30 heavy (non-hydrogen) atoms. The zero-order valence-electron chi connectivity index (χ0n) is 15.8. The lowest BCUT2D eigenvalue weighted by Gasteiger charge is -2.16. The van der Waals surface area contributed by atoms with Crippen molar-refractivity contribution in [2.24, 2.45) is 0 Å². The summed E-state index contributed by atoms with van der Waals surface area (Å²) in [6, 6.07) is 13.4. The van der Waals surface area contributed by atoms with Crippen LogP contribution < -0.4 is 10.6 Å². The topological polar surface area (TPSA) is 114 Å². The maximum Gasteiger partial charge on any atom is 0.270 e. The maximum atomic E-state index is 12.8. The summed E-state index contributed by atoms with van der Waals surface area (Å²) in [5.41, 5.74) is 1.22. The molecular weight excluding hydrogens is 408 g/mol. The highest BCUT2D eigenvalue weighted by Crippen LogP contribution is 2.24. The lowest BCUT2D eigenvalue weighted by molar-refractivity contribution is -0.384. The zero-order valence-corrected chi connectivity index (χ0v) is 16.6. The SMILES string of the molecule is CC(NC(=O)c1ccccc1NC(=O)c1ccc([N+](=O)[O-])cc1Cl)c1cccnc1. The van der Waals surface area contributed by atoms with Gasteiger partial charge in [0.2, 0.25) is 0 Å². The van der Waals surface area contributed by atoms with Crippen LogP contribution in [-0.4, -0.2) is 21.7 Å². The Morgan fingerprint density at radius 1 is 1.07 bits per heavy atom. The minimum Gasteiger partial charge on any atom is -0.345 e. The number of benzene rings is 2. The Labute approximate surface area is 177 Å². The van der Waals surface area contributed by atoms with Gasteiger partial charge in [0.1, 0.15) is 0 Å². The summed E-state index contributed by atoms with van der Waals surface area (Å²) in [6.07, 6.45) is 3.31. The molecule has 0 aliphatic carbocycles. The third kappa shape index (κ3) is 4.79. The van der Waals surface area contributed by atoms with E-state index in [2.05, 4.69) is 15.6 Å². The highest BCUT2D eigenvalue weighted by Gasteiger charge is 2.19. The standard InChI is InChI=1S/C21H17ClN4O4/c1-13(14-5-4-10-23-12-14)24-21(28)17-6-2-3-7-19(17)25-20(27)16-9-8-15(26(29)30)11-18(16)22/h2-13H,1H3,(H,24,28)(H,25,27). The van der Waals surface area contributed by atoms with Crippen molar-refractivity contribution in [3.8, 4) is 0 Å². The highest BCUT2D eigenvalue weighted by atomic mass is 35.5. The second-order valence-corrected chi connectivity index (χ2v) is 6.81. The van der Waals surface area contributed by atoms with E-state index >= 15 is 0 Å². The summed E-state index contributed by atoms with van der Waals surface area (Å²) in [5.74, 6) is -0.965. The summed E-state index contributed by atoms with van der Waals surface area (Å²) in [5, 5.41) is 16.3. The number of aromatic nitrogens is 1. The van der Waals surface area contributed by atoms with Crippen LogP contribution in [0.5, 0.6) is 0 Å². The molecule has 0 saturated heterocycles. The molecule has 0 spiro atoms. The molecule has 2 N–H and O–H groups in total. The first-order valence-corrected chi connectivity index (χ1v) is 9.29. The fourth-order valence-electron chi connectivity index (χ4n) is 2.77. The van der Waals surface area contributed by atoms with Crippen molar-refractivity contribution in [3.63, 3.8) is 0 Å². The molecule has 3 aromatic rings. The van der Waals surface area contributed by atoms with Gasteiger partial charge in [-0.1, -0.05) is 29.8 Å². The normalized spacial score (nSPS) is 11.4. The molecule has 2 amide bonds. The highest BCUT2D eigenvalue weighted by molar-refractivity contribution is 6.34. The van der Waals surface area contributed by atoms with Gasteiger partial charge < -0.3 is 10.6 Å². The van der Waals surface area contributed by atoms with Crippen molar-refractivity contribution in [1.29, 1.82) is 0 Å². The van der Waals surface area contributed by atoms with Crippen LogP contribution in [0.4, 0.5) is 11.4 Å². The number of amides is 2. The number of para-hydroxylation sites is 1. The Kier molecular flexibility index (Phi) is 6.38. The molecule has 1 atom stereocenters. The van der Waals surface area contributed by atoms with E-state index in [1.165, 1.54) is 12.1 Å². The summed E-state index contributed by atoms with van der Waals surface area (Å²) < 4.78 is 0. The van der Waals surface area contributed by atoms with E-state index < -0.39 is 10.8 Å². The summed E-state index contributed by atoms with van der Waals surface area (Å²) in [7, 11) is 0. The van der Waals surface area contributed by atoms with Gasteiger partial charge in [-0.2, -0.15) is 0 Å². The Hall–Kier alpha value is -3.78. The van der Waals surface area contributed by atoms with Crippen molar-refractivity contribution in [1.82, 2.24) is 10.3 Å². The summed E-state index contributed by atoms with van der Waals surface area (Å²) in [4.78, 5) is 39.7. The van der Waals surface area contributed by atoms with Crippen LogP contribution in [-0.2, 0) is 0 Å². The fourth-order valence-corrected chi connectivity index (χ4v) is 3.03. The van der Waals surface area contributed by atoms with Crippen molar-refractivity contribution in [3.05, 3.63) is 98.8 Å². The quantitative estimate of drug-likeness (QED) is 0.450. The van der Waals surface area contributed by atoms with Gasteiger partial charge in [-0.25, -0.2) is 0 Å². The van der Waals surface area contributed by atoms with Crippen LogP contribution in [0.2, 0.25) is 5.02 Å². The van der Waals surface area contributed by atoms with Gasteiger partial charge in [-0.15, -0.1) is 0 Å². The summed E-state index contributed by atoms with van der Waals surface area (Å²) in [6.45, 7) is 1.83. The predicted octanol–water partition coefficient (Wildman–Crippen LogP) is 4.39. The van der Waals surface area contributed by atoms with E-state index in [1.54, 1.807) is 42.7 Å². The van der Waals surface area contributed by atoms with E-state index in [-0.39, 0.29) is 39.5 Å². The number of carbonyl (C=O) groups excluding carboxylic acids is 2.